The van der Waals surface area contributed by atoms with Crippen LogP contribution in [0.3, 0.4) is 0 Å². The lowest BCUT2D eigenvalue weighted by molar-refractivity contribution is -0.142. The zero-order valence-corrected chi connectivity index (χ0v) is 17.5. The molecule has 3 amide bonds. The van der Waals surface area contributed by atoms with Gasteiger partial charge in [0.1, 0.15) is 12.1 Å². The third-order valence-corrected chi connectivity index (χ3v) is 5.82. The summed E-state index contributed by atoms with van der Waals surface area (Å²) in [5.74, 6) is -2.05. The molecule has 0 radical (unpaired) electrons. The molecule has 1 fully saturated rings. The molecular weight excluding hydrogens is 410 g/mol. The Kier molecular flexibility index (Phi) is 6.20. The number of hydrogen-bond acceptors (Lipinski definition) is 4. The Morgan fingerprint density at radius 1 is 1.03 bits per heavy atom. The number of carbonyl (C=O) groups is 4. The van der Waals surface area contributed by atoms with Crippen LogP contribution in [0.1, 0.15) is 46.8 Å². The summed E-state index contributed by atoms with van der Waals surface area (Å²) in [5.41, 5.74) is 1.93. The van der Waals surface area contributed by atoms with Crippen molar-refractivity contribution in [2.75, 3.05) is 6.54 Å². The molecule has 3 N–H and O–H groups in total. The van der Waals surface area contributed by atoms with E-state index < -0.39 is 29.9 Å². The van der Waals surface area contributed by atoms with Gasteiger partial charge in [-0.3, -0.25) is 14.4 Å². The maximum Gasteiger partial charge on any atom is 0.326 e. The van der Waals surface area contributed by atoms with E-state index in [0.717, 1.165) is 18.4 Å². The van der Waals surface area contributed by atoms with Crippen LogP contribution < -0.4 is 10.6 Å². The van der Waals surface area contributed by atoms with Crippen LogP contribution in [0.25, 0.3) is 0 Å². The number of carboxylic acid groups (broad SMARTS) is 1. The van der Waals surface area contributed by atoms with Gasteiger partial charge >= 0.3 is 5.97 Å². The van der Waals surface area contributed by atoms with Crippen molar-refractivity contribution in [2.24, 2.45) is 5.92 Å². The maximum atomic E-state index is 13.1. The highest BCUT2D eigenvalue weighted by Gasteiger charge is 2.41. The van der Waals surface area contributed by atoms with Crippen molar-refractivity contribution >= 4 is 23.7 Å². The number of aliphatic carboxylic acids is 1. The molecule has 2 aromatic rings. The van der Waals surface area contributed by atoms with Crippen molar-refractivity contribution in [3.63, 3.8) is 0 Å². The Balaban J connectivity index is 1.44. The number of fused-ring (bicyclic) bond motifs is 1. The van der Waals surface area contributed by atoms with Crippen LogP contribution >= 0.6 is 0 Å². The molecule has 32 heavy (non-hydrogen) atoms. The molecule has 0 saturated heterocycles. The maximum absolute atomic E-state index is 13.1. The highest BCUT2D eigenvalue weighted by Crippen LogP contribution is 2.35. The second kappa shape index (κ2) is 9.21. The van der Waals surface area contributed by atoms with E-state index in [1.807, 2.05) is 30.3 Å². The molecular formula is C24H25N3O5. The van der Waals surface area contributed by atoms with Crippen LogP contribution in [-0.4, -0.2) is 46.3 Å². The van der Waals surface area contributed by atoms with Crippen LogP contribution in [0.15, 0.2) is 54.6 Å². The number of nitrogens with zero attached hydrogens (tertiary/aromatic N) is 1. The number of nitrogens with one attached hydrogen (secondary N) is 2. The van der Waals surface area contributed by atoms with Gasteiger partial charge in [-0.15, -0.1) is 0 Å². The zero-order chi connectivity index (χ0) is 22.7. The van der Waals surface area contributed by atoms with Crippen molar-refractivity contribution in [3.8, 4) is 0 Å². The van der Waals surface area contributed by atoms with Crippen molar-refractivity contribution < 1.29 is 24.3 Å². The average molecular weight is 435 g/mol. The van der Waals surface area contributed by atoms with Crippen LogP contribution in [0.2, 0.25) is 0 Å². The number of hydrogen-bond donors (Lipinski definition) is 3. The van der Waals surface area contributed by atoms with Crippen molar-refractivity contribution in [1.82, 2.24) is 15.5 Å². The van der Waals surface area contributed by atoms with Gasteiger partial charge in [-0.05, 0) is 29.5 Å². The smallest absolute Gasteiger partial charge is 0.326 e. The quantitative estimate of drug-likeness (QED) is 0.556. The molecule has 0 spiro atoms. The van der Waals surface area contributed by atoms with Crippen molar-refractivity contribution in [1.29, 1.82) is 0 Å². The molecule has 1 heterocycles. The molecule has 8 heteroatoms. The minimum absolute atomic E-state index is 0.246. The highest BCUT2D eigenvalue weighted by atomic mass is 16.4. The molecule has 2 aromatic carbocycles. The Bertz CT molecular complexity index is 1030. The lowest BCUT2D eigenvalue weighted by atomic mass is 10.0. The third-order valence-electron chi connectivity index (χ3n) is 5.82. The first-order chi connectivity index (χ1) is 15.4. The topological polar surface area (TPSA) is 116 Å². The fourth-order valence-corrected chi connectivity index (χ4v) is 4.01. The van der Waals surface area contributed by atoms with E-state index in [1.54, 1.807) is 24.3 Å². The van der Waals surface area contributed by atoms with Gasteiger partial charge in [0.15, 0.2) is 0 Å². The third kappa shape index (κ3) is 4.80. The Morgan fingerprint density at radius 3 is 2.41 bits per heavy atom. The summed E-state index contributed by atoms with van der Waals surface area (Å²) in [5, 5.41) is 14.4. The number of rotatable bonds is 9. The van der Waals surface area contributed by atoms with Crippen molar-refractivity contribution in [2.45, 2.75) is 37.9 Å². The Morgan fingerprint density at radius 2 is 1.72 bits per heavy atom. The fourth-order valence-electron chi connectivity index (χ4n) is 4.01. The molecule has 0 bridgehead atoms. The summed E-state index contributed by atoms with van der Waals surface area (Å²) in [6.07, 6.45) is 2.34. The Hall–Kier alpha value is -3.68. The van der Waals surface area contributed by atoms with Gasteiger partial charge in [0.05, 0.1) is 6.54 Å². The lowest BCUT2D eigenvalue weighted by Gasteiger charge is -2.25. The molecule has 1 saturated carbocycles. The number of benzene rings is 2. The Labute approximate surface area is 185 Å². The van der Waals surface area contributed by atoms with Crippen LogP contribution in [-0.2, 0) is 20.9 Å². The van der Waals surface area contributed by atoms with E-state index in [4.69, 9.17) is 0 Å². The van der Waals surface area contributed by atoms with Crippen LogP contribution in [0, 0.1) is 5.92 Å². The molecule has 2 unspecified atom stereocenters. The van der Waals surface area contributed by atoms with Gasteiger partial charge in [0.25, 0.3) is 5.91 Å². The predicted molar refractivity (Wildman–Crippen MR) is 115 cm³/mol. The summed E-state index contributed by atoms with van der Waals surface area (Å²) in [6, 6.07) is 14.5. The SMILES string of the molecule is O=C(CNC(=O)C1c2ccccc2C(=O)N1Cc1ccccc1)NC(CC1CC1)C(=O)O. The monoisotopic (exact) mass is 435 g/mol. The van der Waals surface area contributed by atoms with Gasteiger partial charge in [-0.2, -0.15) is 0 Å². The van der Waals surface area contributed by atoms with Crippen molar-refractivity contribution in [3.05, 3.63) is 71.3 Å². The van der Waals surface area contributed by atoms with Crippen LogP contribution in [0.5, 0.6) is 0 Å². The molecule has 2 aliphatic rings. The molecule has 166 valence electrons. The molecule has 8 nitrogen and oxygen atoms in total. The summed E-state index contributed by atoms with van der Waals surface area (Å²) in [6.45, 7) is -0.111. The van der Waals surface area contributed by atoms with E-state index in [1.165, 1.54) is 4.90 Å². The summed E-state index contributed by atoms with van der Waals surface area (Å²) in [4.78, 5) is 51.2. The van der Waals surface area contributed by atoms with E-state index in [-0.39, 0.29) is 19.0 Å². The number of carboxylic acids is 1. The molecule has 0 aromatic heterocycles. The fraction of sp³-hybridized carbons (Fsp3) is 0.333. The summed E-state index contributed by atoms with van der Waals surface area (Å²) >= 11 is 0. The first-order valence-electron chi connectivity index (χ1n) is 10.7. The second-order valence-corrected chi connectivity index (χ2v) is 8.26. The highest BCUT2D eigenvalue weighted by molar-refractivity contribution is 6.05. The van der Waals surface area contributed by atoms with Crippen LogP contribution in [0.4, 0.5) is 0 Å². The van der Waals surface area contributed by atoms with Gasteiger partial charge in [-0.25, -0.2) is 4.79 Å². The van der Waals surface area contributed by atoms with E-state index in [0.29, 0.717) is 23.5 Å². The zero-order valence-electron chi connectivity index (χ0n) is 17.5. The number of amides is 3. The standard InChI is InChI=1S/C24H25N3O5/c28-20(26-19(24(31)32)12-15-10-11-15)13-25-22(29)21-17-8-4-5-9-18(17)23(30)27(21)14-16-6-2-1-3-7-16/h1-9,15,19,21H,10-14H2,(H,25,29)(H,26,28)(H,31,32). The molecule has 1 aliphatic carbocycles. The van der Waals surface area contributed by atoms with Gasteiger partial charge in [0, 0.05) is 12.1 Å². The van der Waals surface area contributed by atoms with E-state index in [9.17, 15) is 24.3 Å². The molecule has 2 atom stereocenters. The number of carbonyl (C=O) groups excluding carboxylic acids is 3. The largest absolute Gasteiger partial charge is 0.480 e. The first-order valence-corrected chi connectivity index (χ1v) is 10.7. The van der Waals surface area contributed by atoms with Gasteiger partial charge in [0.2, 0.25) is 11.8 Å². The first kappa shape index (κ1) is 21.5. The van der Waals surface area contributed by atoms with E-state index >= 15 is 0 Å². The second-order valence-electron chi connectivity index (χ2n) is 8.26. The molecule has 4 rings (SSSR count). The lowest BCUT2D eigenvalue weighted by Crippen LogP contribution is -2.47. The predicted octanol–water partition coefficient (Wildman–Crippen LogP) is 1.87. The normalized spacial score (nSPS) is 18.1. The summed E-state index contributed by atoms with van der Waals surface area (Å²) < 4.78 is 0. The van der Waals surface area contributed by atoms with Gasteiger partial charge < -0.3 is 20.6 Å². The average Bonchev–Trinajstić information content (AvgIpc) is 3.57. The van der Waals surface area contributed by atoms with E-state index in [2.05, 4.69) is 10.6 Å². The molecule has 1 aliphatic heterocycles. The minimum Gasteiger partial charge on any atom is -0.480 e. The van der Waals surface area contributed by atoms with Gasteiger partial charge in [-0.1, -0.05) is 61.4 Å². The minimum atomic E-state index is -1.08. The summed E-state index contributed by atoms with van der Waals surface area (Å²) in [7, 11) is 0.